The maximum atomic E-state index is 11.4. The molecule has 0 amide bonds. The van der Waals surface area contributed by atoms with Crippen LogP contribution in [0.1, 0.15) is 12.1 Å². The summed E-state index contributed by atoms with van der Waals surface area (Å²) in [5.74, 6) is -0.204. The van der Waals surface area contributed by atoms with Crippen molar-refractivity contribution in [3.8, 4) is 5.75 Å². The van der Waals surface area contributed by atoms with Crippen LogP contribution in [-0.4, -0.2) is 42.4 Å². The molecule has 0 saturated carbocycles. The monoisotopic (exact) mass is 240 g/mol. The minimum Gasteiger partial charge on any atom is -0.503 e. The zero-order valence-corrected chi connectivity index (χ0v) is 10.6. The van der Waals surface area contributed by atoms with Gasteiger partial charge in [0.15, 0.2) is 5.75 Å². The van der Waals surface area contributed by atoms with Gasteiger partial charge in [0, 0.05) is 38.6 Å². The van der Waals surface area contributed by atoms with E-state index < -0.39 is 0 Å². The lowest BCUT2D eigenvalue weighted by Crippen LogP contribution is -2.19. The van der Waals surface area contributed by atoms with Gasteiger partial charge in [0.05, 0.1) is 6.20 Å². The molecule has 1 aromatic rings. The molecule has 0 saturated heterocycles. The standard InChI is InChI=1S/C12H20N2O3/c1-13(2)8-10-7-11(15)12(16)9-14(10)5-4-6-17-3/h7,9,16H,4-6,8H2,1-3H3. The van der Waals surface area contributed by atoms with Crippen LogP contribution in [-0.2, 0) is 17.8 Å². The summed E-state index contributed by atoms with van der Waals surface area (Å²) >= 11 is 0. The molecule has 17 heavy (non-hydrogen) atoms. The zero-order chi connectivity index (χ0) is 12.8. The second-order valence-electron chi connectivity index (χ2n) is 4.29. The summed E-state index contributed by atoms with van der Waals surface area (Å²) in [7, 11) is 5.54. The van der Waals surface area contributed by atoms with E-state index in [1.165, 1.54) is 12.3 Å². The van der Waals surface area contributed by atoms with Gasteiger partial charge in [-0.15, -0.1) is 0 Å². The first kappa shape index (κ1) is 13.7. The Labute approximate surface area is 101 Å². The van der Waals surface area contributed by atoms with Gasteiger partial charge in [-0.3, -0.25) is 4.79 Å². The summed E-state index contributed by atoms with van der Waals surface area (Å²) in [6, 6.07) is 1.49. The molecule has 0 bridgehead atoms. The highest BCUT2D eigenvalue weighted by Crippen LogP contribution is 2.08. The van der Waals surface area contributed by atoms with Crippen molar-refractivity contribution in [2.24, 2.45) is 0 Å². The fraction of sp³-hybridized carbons (Fsp3) is 0.583. The van der Waals surface area contributed by atoms with E-state index in [1.54, 1.807) is 7.11 Å². The number of nitrogens with zero attached hydrogens (tertiary/aromatic N) is 2. The molecule has 1 N–H and O–H groups in total. The molecule has 5 nitrogen and oxygen atoms in total. The summed E-state index contributed by atoms with van der Waals surface area (Å²) < 4.78 is 6.89. The zero-order valence-electron chi connectivity index (χ0n) is 10.6. The maximum absolute atomic E-state index is 11.4. The van der Waals surface area contributed by atoms with E-state index in [4.69, 9.17) is 4.74 Å². The Morgan fingerprint density at radius 2 is 2.18 bits per heavy atom. The van der Waals surface area contributed by atoms with Gasteiger partial charge in [-0.25, -0.2) is 0 Å². The van der Waals surface area contributed by atoms with E-state index in [2.05, 4.69) is 0 Å². The fourth-order valence-electron chi connectivity index (χ4n) is 1.65. The van der Waals surface area contributed by atoms with Crippen LogP contribution in [0.3, 0.4) is 0 Å². The van der Waals surface area contributed by atoms with Crippen molar-refractivity contribution in [3.05, 3.63) is 28.2 Å². The Kier molecular flexibility index (Phi) is 5.18. The number of aromatic hydroxyl groups is 1. The van der Waals surface area contributed by atoms with Gasteiger partial charge >= 0.3 is 0 Å². The predicted molar refractivity (Wildman–Crippen MR) is 66.3 cm³/mol. The van der Waals surface area contributed by atoms with Gasteiger partial charge in [0.1, 0.15) is 0 Å². The van der Waals surface area contributed by atoms with Crippen LogP contribution < -0.4 is 5.43 Å². The van der Waals surface area contributed by atoms with Crippen molar-refractivity contribution >= 4 is 0 Å². The normalized spacial score (nSPS) is 11.1. The van der Waals surface area contributed by atoms with Crippen molar-refractivity contribution in [3.63, 3.8) is 0 Å². The van der Waals surface area contributed by atoms with Gasteiger partial charge in [-0.05, 0) is 20.5 Å². The van der Waals surface area contributed by atoms with E-state index in [9.17, 15) is 9.90 Å². The first-order valence-corrected chi connectivity index (χ1v) is 5.60. The Bertz CT molecular complexity index is 413. The Morgan fingerprint density at radius 1 is 1.47 bits per heavy atom. The molecule has 5 heteroatoms. The van der Waals surface area contributed by atoms with E-state index in [0.717, 1.165) is 18.7 Å². The average Bonchev–Trinajstić information content (AvgIpc) is 2.24. The van der Waals surface area contributed by atoms with Gasteiger partial charge in [-0.2, -0.15) is 0 Å². The van der Waals surface area contributed by atoms with Crippen LogP contribution >= 0.6 is 0 Å². The number of aryl methyl sites for hydroxylation is 1. The maximum Gasteiger partial charge on any atom is 0.223 e. The molecule has 0 unspecified atom stereocenters. The SMILES string of the molecule is COCCCn1cc(O)c(=O)cc1CN(C)C. The molecule has 1 aromatic heterocycles. The number of aromatic nitrogens is 1. The number of ether oxygens (including phenoxy) is 1. The second kappa shape index (κ2) is 6.42. The molecule has 96 valence electrons. The molecule has 0 aromatic carbocycles. The third-order valence-electron chi connectivity index (χ3n) is 2.42. The molecule has 0 aliphatic rings. The first-order chi connectivity index (χ1) is 8.04. The van der Waals surface area contributed by atoms with Crippen molar-refractivity contribution in [1.82, 2.24) is 9.47 Å². The summed E-state index contributed by atoms with van der Waals surface area (Å²) in [6.07, 6.45) is 2.34. The number of hydrogen-bond donors (Lipinski definition) is 1. The van der Waals surface area contributed by atoms with E-state index in [0.29, 0.717) is 13.2 Å². The van der Waals surface area contributed by atoms with Crippen LogP contribution in [0.25, 0.3) is 0 Å². The fourth-order valence-corrected chi connectivity index (χ4v) is 1.65. The van der Waals surface area contributed by atoms with Crippen molar-refractivity contribution in [2.45, 2.75) is 19.5 Å². The topological polar surface area (TPSA) is 54.7 Å². The summed E-state index contributed by atoms with van der Waals surface area (Å²) in [5, 5.41) is 9.44. The molecule has 1 heterocycles. The molecule has 0 aliphatic carbocycles. The highest BCUT2D eigenvalue weighted by atomic mass is 16.5. The largest absolute Gasteiger partial charge is 0.503 e. The van der Waals surface area contributed by atoms with E-state index in [-0.39, 0.29) is 11.2 Å². The molecule has 0 radical (unpaired) electrons. The van der Waals surface area contributed by atoms with Gasteiger partial charge < -0.3 is 19.3 Å². The predicted octanol–water partition coefficient (Wildman–Crippen LogP) is 0.652. The van der Waals surface area contributed by atoms with Gasteiger partial charge in [-0.1, -0.05) is 0 Å². The third-order valence-corrected chi connectivity index (χ3v) is 2.42. The molecule has 0 atom stereocenters. The number of methoxy groups -OCH3 is 1. The molecular weight excluding hydrogens is 220 g/mol. The number of pyridine rings is 1. The van der Waals surface area contributed by atoms with Gasteiger partial charge in [0.25, 0.3) is 0 Å². The van der Waals surface area contributed by atoms with Gasteiger partial charge in [0.2, 0.25) is 5.43 Å². The molecular formula is C12H20N2O3. The highest BCUT2D eigenvalue weighted by Gasteiger charge is 2.06. The van der Waals surface area contributed by atoms with Crippen LogP contribution in [0.2, 0.25) is 0 Å². The lowest BCUT2D eigenvalue weighted by atomic mass is 10.3. The Hall–Kier alpha value is -1.33. The Balaban J connectivity index is 2.90. The minimum absolute atomic E-state index is 0.204. The van der Waals surface area contributed by atoms with Crippen LogP contribution in [0.15, 0.2) is 17.1 Å². The Morgan fingerprint density at radius 3 is 2.76 bits per heavy atom. The number of rotatable bonds is 6. The van der Waals surface area contributed by atoms with Crippen molar-refractivity contribution in [1.29, 1.82) is 0 Å². The van der Waals surface area contributed by atoms with Crippen molar-refractivity contribution in [2.75, 3.05) is 27.8 Å². The quantitative estimate of drug-likeness (QED) is 0.742. The lowest BCUT2D eigenvalue weighted by molar-refractivity contribution is 0.189. The summed E-state index contributed by atoms with van der Waals surface area (Å²) in [4.78, 5) is 13.4. The minimum atomic E-state index is -0.329. The highest BCUT2D eigenvalue weighted by molar-refractivity contribution is 5.20. The third kappa shape index (κ3) is 4.20. The molecule has 1 rings (SSSR count). The van der Waals surface area contributed by atoms with Crippen molar-refractivity contribution < 1.29 is 9.84 Å². The lowest BCUT2D eigenvalue weighted by Gasteiger charge is -2.17. The van der Waals surface area contributed by atoms with Crippen LogP contribution in [0, 0.1) is 0 Å². The summed E-state index contributed by atoms with van der Waals surface area (Å²) in [6.45, 7) is 2.06. The number of hydrogen-bond acceptors (Lipinski definition) is 4. The smallest absolute Gasteiger partial charge is 0.223 e. The van der Waals surface area contributed by atoms with Crippen LogP contribution in [0.4, 0.5) is 0 Å². The average molecular weight is 240 g/mol. The van der Waals surface area contributed by atoms with E-state index >= 15 is 0 Å². The van der Waals surface area contributed by atoms with E-state index in [1.807, 2.05) is 23.6 Å². The summed E-state index contributed by atoms with van der Waals surface area (Å²) in [5.41, 5.74) is 0.568. The van der Waals surface area contributed by atoms with Crippen LogP contribution in [0.5, 0.6) is 5.75 Å². The first-order valence-electron chi connectivity index (χ1n) is 5.60. The molecule has 0 spiro atoms. The molecule has 0 fully saturated rings. The second-order valence-corrected chi connectivity index (χ2v) is 4.29. The molecule has 0 aliphatic heterocycles.